The van der Waals surface area contributed by atoms with E-state index in [9.17, 15) is 14.0 Å². The van der Waals surface area contributed by atoms with Crippen LogP contribution < -0.4 is 4.74 Å². The van der Waals surface area contributed by atoms with Gasteiger partial charge in [-0.25, -0.2) is 4.39 Å². The van der Waals surface area contributed by atoms with Crippen molar-refractivity contribution in [2.45, 2.75) is 13.0 Å². The summed E-state index contributed by atoms with van der Waals surface area (Å²) >= 11 is 0. The number of hydrogen-bond acceptors (Lipinski definition) is 3. The zero-order chi connectivity index (χ0) is 13.7. The third kappa shape index (κ3) is 4.04. The molecule has 98 valence electrons. The normalized spacial score (nSPS) is 11.7. The number of carboxylic acid groups (broad SMARTS) is 1. The summed E-state index contributed by atoms with van der Waals surface area (Å²) in [5.74, 6) is -1.84. The molecule has 6 heteroatoms. The van der Waals surface area contributed by atoms with Gasteiger partial charge in [-0.1, -0.05) is 6.07 Å². The van der Waals surface area contributed by atoms with Crippen molar-refractivity contribution in [3.05, 3.63) is 30.1 Å². The van der Waals surface area contributed by atoms with Crippen LogP contribution in [0, 0.1) is 5.82 Å². The summed E-state index contributed by atoms with van der Waals surface area (Å²) in [5, 5.41) is 8.56. The molecule has 1 aromatic carbocycles. The van der Waals surface area contributed by atoms with Gasteiger partial charge in [-0.2, -0.15) is 0 Å². The summed E-state index contributed by atoms with van der Waals surface area (Å²) in [6, 6.07) is 5.39. The van der Waals surface area contributed by atoms with E-state index < -0.39 is 30.3 Å². The number of amides is 1. The molecule has 0 bridgehead atoms. The largest absolute Gasteiger partial charge is 0.481 e. The molecule has 0 aliphatic carbocycles. The average Bonchev–Trinajstić information content (AvgIpc) is 2.27. The van der Waals surface area contributed by atoms with Crippen LogP contribution in [0.1, 0.15) is 6.92 Å². The molecule has 0 aliphatic heterocycles. The Morgan fingerprint density at radius 3 is 2.72 bits per heavy atom. The Morgan fingerprint density at radius 2 is 2.17 bits per heavy atom. The van der Waals surface area contributed by atoms with Crippen molar-refractivity contribution in [3.63, 3.8) is 0 Å². The second kappa shape index (κ2) is 6.00. The van der Waals surface area contributed by atoms with Gasteiger partial charge in [-0.15, -0.1) is 0 Å². The van der Waals surface area contributed by atoms with E-state index in [0.29, 0.717) is 0 Å². The van der Waals surface area contributed by atoms with Gasteiger partial charge in [0.25, 0.3) is 5.91 Å². The lowest BCUT2D eigenvalue weighted by Crippen LogP contribution is -2.40. The van der Waals surface area contributed by atoms with Gasteiger partial charge < -0.3 is 14.7 Å². The monoisotopic (exact) mass is 255 g/mol. The second-order valence-electron chi connectivity index (χ2n) is 3.81. The molecule has 1 rings (SSSR count). The highest BCUT2D eigenvalue weighted by atomic mass is 19.1. The minimum absolute atomic E-state index is 0.222. The zero-order valence-electron chi connectivity index (χ0n) is 10.1. The van der Waals surface area contributed by atoms with Crippen molar-refractivity contribution in [1.82, 2.24) is 4.90 Å². The summed E-state index contributed by atoms with van der Waals surface area (Å²) in [6.45, 7) is 1.07. The minimum atomic E-state index is -1.11. The lowest BCUT2D eigenvalue weighted by Gasteiger charge is -2.20. The summed E-state index contributed by atoms with van der Waals surface area (Å²) in [4.78, 5) is 23.2. The SMILES string of the molecule is CC(Oc1cccc(F)c1)C(=O)N(C)CC(=O)O. The van der Waals surface area contributed by atoms with Crippen molar-refractivity contribution in [1.29, 1.82) is 0 Å². The van der Waals surface area contributed by atoms with E-state index in [-0.39, 0.29) is 5.75 Å². The number of carbonyl (C=O) groups excluding carboxylic acids is 1. The van der Waals surface area contributed by atoms with E-state index in [0.717, 1.165) is 11.0 Å². The molecule has 0 radical (unpaired) electrons. The third-order valence-corrected chi connectivity index (χ3v) is 2.21. The van der Waals surface area contributed by atoms with Crippen molar-refractivity contribution in [2.75, 3.05) is 13.6 Å². The quantitative estimate of drug-likeness (QED) is 0.856. The molecule has 0 fully saturated rings. The highest BCUT2D eigenvalue weighted by Gasteiger charge is 2.20. The van der Waals surface area contributed by atoms with E-state index in [1.165, 1.54) is 32.2 Å². The topological polar surface area (TPSA) is 66.8 Å². The first-order valence-corrected chi connectivity index (χ1v) is 5.29. The third-order valence-electron chi connectivity index (χ3n) is 2.21. The Bertz CT molecular complexity index is 449. The van der Waals surface area contributed by atoms with Crippen molar-refractivity contribution >= 4 is 11.9 Å². The Hall–Kier alpha value is -2.11. The van der Waals surface area contributed by atoms with Crippen LogP contribution in [0.2, 0.25) is 0 Å². The molecule has 0 saturated heterocycles. The van der Waals surface area contributed by atoms with Gasteiger partial charge in [0.2, 0.25) is 0 Å². The Kier molecular flexibility index (Phi) is 4.65. The molecule has 1 unspecified atom stereocenters. The lowest BCUT2D eigenvalue weighted by atomic mass is 10.3. The standard InChI is InChI=1S/C12H14FNO4/c1-8(12(17)14(2)7-11(15)16)18-10-5-3-4-9(13)6-10/h3-6,8H,7H2,1-2H3,(H,15,16). The molecule has 0 aromatic heterocycles. The highest BCUT2D eigenvalue weighted by Crippen LogP contribution is 2.14. The fourth-order valence-electron chi connectivity index (χ4n) is 1.39. The molecule has 0 heterocycles. The number of halogens is 1. The summed E-state index contributed by atoms with van der Waals surface area (Å²) in [5.41, 5.74) is 0. The fourth-order valence-corrected chi connectivity index (χ4v) is 1.39. The first-order chi connectivity index (χ1) is 8.40. The number of ether oxygens (including phenoxy) is 1. The molecule has 0 spiro atoms. The van der Waals surface area contributed by atoms with E-state index >= 15 is 0 Å². The molecular formula is C12H14FNO4. The Labute approximate surface area is 104 Å². The Balaban J connectivity index is 2.62. The number of carboxylic acids is 1. The highest BCUT2D eigenvalue weighted by molar-refractivity contribution is 5.84. The number of hydrogen-bond donors (Lipinski definition) is 1. The Morgan fingerprint density at radius 1 is 1.50 bits per heavy atom. The van der Waals surface area contributed by atoms with Crippen molar-refractivity contribution in [2.24, 2.45) is 0 Å². The predicted molar refractivity (Wildman–Crippen MR) is 61.8 cm³/mol. The van der Waals surface area contributed by atoms with Crippen LogP contribution in [0.5, 0.6) is 5.75 Å². The van der Waals surface area contributed by atoms with Gasteiger partial charge in [0.05, 0.1) is 0 Å². The molecule has 1 atom stereocenters. The minimum Gasteiger partial charge on any atom is -0.481 e. The molecule has 18 heavy (non-hydrogen) atoms. The van der Waals surface area contributed by atoms with E-state index in [4.69, 9.17) is 9.84 Å². The first-order valence-electron chi connectivity index (χ1n) is 5.29. The lowest BCUT2D eigenvalue weighted by molar-refractivity contribution is -0.146. The predicted octanol–water partition coefficient (Wildman–Crippen LogP) is 1.14. The number of nitrogens with zero attached hydrogens (tertiary/aromatic N) is 1. The molecule has 1 aromatic rings. The summed E-state index contributed by atoms with van der Waals surface area (Å²) in [7, 11) is 1.36. The van der Waals surface area contributed by atoms with Crippen LogP contribution in [-0.4, -0.2) is 41.6 Å². The molecule has 1 amide bonds. The van der Waals surface area contributed by atoms with Crippen LogP contribution in [0.4, 0.5) is 4.39 Å². The maximum atomic E-state index is 12.9. The summed E-state index contributed by atoms with van der Waals surface area (Å²) < 4.78 is 18.1. The molecule has 0 saturated carbocycles. The fraction of sp³-hybridized carbons (Fsp3) is 0.333. The molecule has 1 N–H and O–H groups in total. The second-order valence-corrected chi connectivity index (χ2v) is 3.81. The molecule has 0 aliphatic rings. The number of rotatable bonds is 5. The van der Waals surface area contributed by atoms with Gasteiger partial charge in [-0.3, -0.25) is 9.59 Å². The number of carbonyl (C=O) groups is 2. The number of benzene rings is 1. The first kappa shape index (κ1) is 14.0. The molecule has 5 nitrogen and oxygen atoms in total. The maximum absolute atomic E-state index is 12.9. The van der Waals surface area contributed by atoms with Crippen LogP contribution in [0.15, 0.2) is 24.3 Å². The number of likely N-dealkylation sites (N-methyl/N-ethyl adjacent to an activating group) is 1. The van der Waals surface area contributed by atoms with Crippen molar-refractivity contribution < 1.29 is 23.8 Å². The zero-order valence-corrected chi connectivity index (χ0v) is 10.1. The van der Waals surface area contributed by atoms with Gasteiger partial charge in [0.15, 0.2) is 6.10 Å². The van der Waals surface area contributed by atoms with Crippen LogP contribution in [0.25, 0.3) is 0 Å². The van der Waals surface area contributed by atoms with Crippen LogP contribution >= 0.6 is 0 Å². The maximum Gasteiger partial charge on any atom is 0.323 e. The van der Waals surface area contributed by atoms with Gasteiger partial charge >= 0.3 is 5.97 Å². The summed E-state index contributed by atoms with van der Waals surface area (Å²) in [6.07, 6.45) is -0.879. The van der Waals surface area contributed by atoms with Crippen LogP contribution in [0.3, 0.4) is 0 Å². The van der Waals surface area contributed by atoms with Gasteiger partial charge in [0.1, 0.15) is 18.1 Å². The van der Waals surface area contributed by atoms with Crippen LogP contribution in [-0.2, 0) is 9.59 Å². The average molecular weight is 255 g/mol. The van der Waals surface area contributed by atoms with Gasteiger partial charge in [0, 0.05) is 13.1 Å². The smallest absolute Gasteiger partial charge is 0.323 e. The van der Waals surface area contributed by atoms with E-state index in [1.807, 2.05) is 0 Å². The molecular weight excluding hydrogens is 241 g/mol. The number of aliphatic carboxylic acids is 1. The van der Waals surface area contributed by atoms with E-state index in [1.54, 1.807) is 0 Å². The van der Waals surface area contributed by atoms with Gasteiger partial charge in [-0.05, 0) is 19.1 Å². The van der Waals surface area contributed by atoms with Crippen molar-refractivity contribution in [3.8, 4) is 5.75 Å². The van der Waals surface area contributed by atoms with E-state index in [2.05, 4.69) is 0 Å².